The van der Waals surface area contributed by atoms with Crippen molar-refractivity contribution in [2.24, 2.45) is 12.8 Å². The van der Waals surface area contributed by atoms with Crippen LogP contribution in [-0.4, -0.2) is 43.3 Å². The number of carboxylic acid groups (broad SMARTS) is 1. The number of ether oxygens (including phenoxy) is 1. The van der Waals surface area contributed by atoms with Crippen molar-refractivity contribution < 1.29 is 45.8 Å². The molecule has 2 aromatic heterocycles. The maximum atomic E-state index is 15.0. The van der Waals surface area contributed by atoms with Crippen LogP contribution in [-0.2, 0) is 19.8 Å². The highest BCUT2D eigenvalue weighted by Gasteiger charge is 2.32. The molecule has 16 heteroatoms. The average Bonchev–Trinajstić information content (AvgIpc) is 3.48. The van der Waals surface area contributed by atoms with Gasteiger partial charge in [-0.05, 0) is 46.3 Å². The van der Waals surface area contributed by atoms with Gasteiger partial charge in [-0.25, -0.2) is 18.6 Å². The Morgan fingerprint density at radius 1 is 1.17 bits per heavy atom. The van der Waals surface area contributed by atoms with Crippen molar-refractivity contribution in [3.05, 3.63) is 87.7 Å². The van der Waals surface area contributed by atoms with E-state index in [-0.39, 0.29) is 28.4 Å². The first-order chi connectivity index (χ1) is 19.2. The fraction of sp³-hybridized carbons (Fsp3) is 0.200. The van der Waals surface area contributed by atoms with Crippen molar-refractivity contribution in [1.82, 2.24) is 19.7 Å². The van der Waals surface area contributed by atoms with E-state index in [1.807, 2.05) is 0 Å². The Morgan fingerprint density at radius 3 is 2.41 bits per heavy atom. The smallest absolute Gasteiger partial charge is 0.416 e. The largest absolute Gasteiger partial charge is 0.476 e. The van der Waals surface area contributed by atoms with E-state index in [1.54, 1.807) is 19.3 Å². The number of benzene rings is 2. The minimum Gasteiger partial charge on any atom is -0.476 e. The molecule has 0 aliphatic rings. The molecule has 0 saturated carbocycles. The Kier molecular flexibility index (Phi) is 8.32. The third kappa shape index (κ3) is 6.65. The van der Waals surface area contributed by atoms with Gasteiger partial charge in [-0.1, -0.05) is 12.1 Å². The van der Waals surface area contributed by atoms with Crippen LogP contribution in [0.4, 0.5) is 26.7 Å². The SMILES string of the molecule is Cn1ccc(CN(CC(Oc2ccc(F)c(C(N)=O)c2F)c2nc(-c3ccc(C(F)(F)F)cc3)c(Br)o2)C(=O)O)n1. The van der Waals surface area contributed by atoms with E-state index in [0.717, 1.165) is 41.3 Å². The molecule has 3 N–H and O–H groups in total. The van der Waals surface area contributed by atoms with Gasteiger partial charge in [-0.3, -0.25) is 14.4 Å². The number of amides is 2. The van der Waals surface area contributed by atoms with E-state index in [1.165, 1.54) is 4.68 Å². The first-order valence-corrected chi connectivity index (χ1v) is 12.3. The van der Waals surface area contributed by atoms with Gasteiger partial charge >= 0.3 is 12.3 Å². The molecule has 0 spiro atoms. The summed E-state index contributed by atoms with van der Waals surface area (Å²) in [5.41, 5.74) is 3.70. The highest BCUT2D eigenvalue weighted by molar-refractivity contribution is 9.10. The molecule has 2 aromatic carbocycles. The van der Waals surface area contributed by atoms with E-state index >= 15 is 4.39 Å². The van der Waals surface area contributed by atoms with Gasteiger partial charge in [0.1, 0.15) is 17.1 Å². The van der Waals surface area contributed by atoms with Gasteiger partial charge in [0.25, 0.3) is 5.91 Å². The molecule has 1 unspecified atom stereocenters. The second-order valence-electron chi connectivity index (χ2n) is 8.60. The molecule has 4 rings (SSSR count). The lowest BCUT2D eigenvalue weighted by molar-refractivity contribution is -0.137. The second-order valence-corrected chi connectivity index (χ2v) is 9.32. The van der Waals surface area contributed by atoms with Crippen LogP contribution in [0.2, 0.25) is 0 Å². The van der Waals surface area contributed by atoms with E-state index in [2.05, 4.69) is 26.0 Å². The zero-order chi connectivity index (χ0) is 30.1. The molecule has 4 aromatic rings. The summed E-state index contributed by atoms with van der Waals surface area (Å²) >= 11 is 3.14. The number of alkyl halides is 3. The monoisotopic (exact) mass is 643 g/mol. The Bertz CT molecular complexity index is 1590. The number of rotatable bonds is 9. The first-order valence-electron chi connectivity index (χ1n) is 11.5. The number of halogens is 6. The summed E-state index contributed by atoms with van der Waals surface area (Å²) in [6.07, 6.45) is -5.91. The zero-order valence-electron chi connectivity index (χ0n) is 20.8. The molecule has 216 valence electrons. The quantitative estimate of drug-likeness (QED) is 0.229. The van der Waals surface area contributed by atoms with Gasteiger partial charge in [-0.15, -0.1) is 0 Å². The van der Waals surface area contributed by atoms with Gasteiger partial charge in [0, 0.05) is 18.8 Å². The Hall–Kier alpha value is -4.47. The summed E-state index contributed by atoms with van der Waals surface area (Å²) in [5.74, 6) is -5.08. The molecule has 0 radical (unpaired) electrons. The molecule has 10 nitrogen and oxygen atoms in total. The molecule has 2 amide bonds. The van der Waals surface area contributed by atoms with Crippen LogP contribution in [0.15, 0.2) is 57.7 Å². The van der Waals surface area contributed by atoms with E-state index < -0.39 is 59.3 Å². The summed E-state index contributed by atoms with van der Waals surface area (Å²) in [5, 5.41) is 14.0. The zero-order valence-corrected chi connectivity index (χ0v) is 22.4. The van der Waals surface area contributed by atoms with Crippen molar-refractivity contribution in [2.75, 3.05) is 6.54 Å². The number of primary amides is 1. The lowest BCUT2D eigenvalue weighted by atomic mass is 10.1. The Labute approximate surface area is 236 Å². The number of hydrogen-bond acceptors (Lipinski definition) is 6. The summed E-state index contributed by atoms with van der Waals surface area (Å²) in [6.45, 7) is -0.768. The van der Waals surface area contributed by atoms with Crippen LogP contribution in [0.5, 0.6) is 5.75 Å². The molecule has 0 bridgehead atoms. The van der Waals surface area contributed by atoms with Crippen molar-refractivity contribution in [3.8, 4) is 17.0 Å². The number of aryl methyl sites for hydroxylation is 1. The number of carbonyl (C=O) groups is 2. The predicted molar refractivity (Wildman–Crippen MR) is 135 cm³/mol. The maximum absolute atomic E-state index is 15.0. The normalized spacial score (nSPS) is 12.3. The topological polar surface area (TPSA) is 137 Å². The van der Waals surface area contributed by atoms with E-state index in [0.29, 0.717) is 5.69 Å². The highest BCUT2D eigenvalue weighted by Crippen LogP contribution is 2.36. The maximum Gasteiger partial charge on any atom is 0.416 e. The number of nitrogens with zero attached hydrogens (tertiary/aromatic N) is 4. The summed E-state index contributed by atoms with van der Waals surface area (Å²) in [7, 11) is 1.63. The van der Waals surface area contributed by atoms with Gasteiger partial charge < -0.3 is 20.0 Å². The van der Waals surface area contributed by atoms with Crippen molar-refractivity contribution >= 4 is 27.9 Å². The van der Waals surface area contributed by atoms with Crippen LogP contribution in [0.25, 0.3) is 11.3 Å². The highest BCUT2D eigenvalue weighted by atomic mass is 79.9. The van der Waals surface area contributed by atoms with Gasteiger partial charge in [0.05, 0.1) is 24.3 Å². The molecule has 0 saturated heterocycles. The van der Waals surface area contributed by atoms with Gasteiger partial charge in [-0.2, -0.15) is 18.3 Å². The molecule has 2 heterocycles. The summed E-state index contributed by atoms with van der Waals surface area (Å²) in [6, 6.07) is 7.13. The lowest BCUT2D eigenvalue weighted by Crippen LogP contribution is -2.35. The van der Waals surface area contributed by atoms with E-state index in [9.17, 15) is 32.3 Å². The Balaban J connectivity index is 1.74. The fourth-order valence-electron chi connectivity index (χ4n) is 3.77. The van der Waals surface area contributed by atoms with Crippen LogP contribution >= 0.6 is 15.9 Å². The fourth-order valence-corrected chi connectivity index (χ4v) is 4.26. The molecule has 0 aliphatic carbocycles. The first kappa shape index (κ1) is 29.5. The average molecular weight is 644 g/mol. The predicted octanol–water partition coefficient (Wildman–Crippen LogP) is 5.53. The van der Waals surface area contributed by atoms with Crippen molar-refractivity contribution in [1.29, 1.82) is 0 Å². The summed E-state index contributed by atoms with van der Waals surface area (Å²) in [4.78, 5) is 28.8. The summed E-state index contributed by atoms with van der Waals surface area (Å²) < 4.78 is 80.7. The second kappa shape index (κ2) is 11.6. The number of oxazole rings is 1. The third-order valence-electron chi connectivity index (χ3n) is 5.71. The Morgan fingerprint density at radius 2 is 1.85 bits per heavy atom. The number of hydrogen-bond donors (Lipinski definition) is 2. The molecule has 0 aliphatic heterocycles. The molecule has 0 fully saturated rings. The molecular formula is C25H19BrF5N5O5. The van der Waals surface area contributed by atoms with Gasteiger partial charge in [0.15, 0.2) is 22.3 Å². The van der Waals surface area contributed by atoms with Crippen LogP contribution in [0.3, 0.4) is 0 Å². The third-order valence-corrected chi connectivity index (χ3v) is 6.25. The van der Waals surface area contributed by atoms with Crippen LogP contribution in [0.1, 0.15) is 33.6 Å². The molecule has 41 heavy (non-hydrogen) atoms. The minimum atomic E-state index is -4.57. The number of aromatic nitrogens is 3. The van der Waals surface area contributed by atoms with Crippen LogP contribution < -0.4 is 10.5 Å². The number of carbonyl (C=O) groups excluding carboxylic acids is 1. The molecular weight excluding hydrogens is 625 g/mol. The van der Waals surface area contributed by atoms with E-state index in [4.69, 9.17) is 14.9 Å². The van der Waals surface area contributed by atoms with Crippen molar-refractivity contribution in [3.63, 3.8) is 0 Å². The van der Waals surface area contributed by atoms with Gasteiger partial charge in [0.2, 0.25) is 5.89 Å². The molecule has 1 atom stereocenters. The standard InChI is InChI=1S/C25H19BrF5N5O5/c1-35-9-8-14(34-35)10-36(24(38)39)11-17(40-16-7-6-15(27)18(19(16)28)22(32)37)23-33-20(21(26)41-23)12-2-4-13(5-3-12)25(29,30)31/h2-9,17H,10-11H2,1H3,(H2,32,37)(H,38,39). The van der Waals surface area contributed by atoms with Crippen LogP contribution in [0, 0.1) is 11.6 Å². The van der Waals surface area contributed by atoms with Crippen molar-refractivity contribution in [2.45, 2.75) is 18.8 Å². The minimum absolute atomic E-state index is 0.0336. The lowest BCUT2D eigenvalue weighted by Gasteiger charge is -2.24. The number of nitrogens with two attached hydrogens (primary N) is 1.